The van der Waals surface area contributed by atoms with Gasteiger partial charge in [0.25, 0.3) is 0 Å². The summed E-state index contributed by atoms with van der Waals surface area (Å²) in [6, 6.07) is 11.1. The van der Waals surface area contributed by atoms with Gasteiger partial charge in [-0.25, -0.2) is 0 Å². The second kappa shape index (κ2) is 6.16. The quantitative estimate of drug-likeness (QED) is 0.893. The van der Waals surface area contributed by atoms with E-state index in [-0.39, 0.29) is 0 Å². The molecule has 0 bridgehead atoms. The summed E-state index contributed by atoms with van der Waals surface area (Å²) in [5.41, 5.74) is 6.16. The summed E-state index contributed by atoms with van der Waals surface area (Å²) in [4.78, 5) is 4.48. The zero-order valence-electron chi connectivity index (χ0n) is 9.78. The molecule has 2 aromatic rings. The number of nitrogen functional groups attached to an aromatic ring is 1. The van der Waals surface area contributed by atoms with Crippen molar-refractivity contribution >= 4 is 16.5 Å². The lowest BCUT2D eigenvalue weighted by atomic mass is 10.3. The first-order valence-electron chi connectivity index (χ1n) is 5.53. The number of hydrogen-bond donors (Lipinski definition) is 1. The minimum absolute atomic E-state index is 0.387. The molecule has 0 saturated carbocycles. The molecule has 0 aliphatic heterocycles. The fourth-order valence-corrected chi connectivity index (χ4v) is 2.45. The number of benzene rings is 1. The Morgan fingerprint density at radius 3 is 2.72 bits per heavy atom. The van der Waals surface area contributed by atoms with Crippen LogP contribution in [0.15, 0.2) is 53.7 Å². The van der Waals surface area contributed by atoms with Crippen molar-refractivity contribution in [1.82, 2.24) is 4.98 Å². The summed E-state index contributed by atoms with van der Waals surface area (Å²) >= 11 is 0. The molecule has 0 aliphatic rings. The van der Waals surface area contributed by atoms with Gasteiger partial charge >= 0.3 is 0 Å². The van der Waals surface area contributed by atoms with Crippen molar-refractivity contribution in [3.63, 3.8) is 0 Å². The predicted octanol–water partition coefficient (Wildman–Crippen LogP) is 1.85. The molecule has 1 heterocycles. The zero-order valence-corrected chi connectivity index (χ0v) is 10.6. The normalized spacial score (nSPS) is 12.0. The fourth-order valence-electron chi connectivity index (χ4n) is 1.46. The average molecular weight is 262 g/mol. The molecule has 0 saturated heterocycles. The number of pyridine rings is 1. The van der Waals surface area contributed by atoms with Gasteiger partial charge in [-0.1, -0.05) is 18.2 Å². The van der Waals surface area contributed by atoms with Crippen LogP contribution in [0.25, 0.3) is 0 Å². The number of anilines is 1. The van der Waals surface area contributed by atoms with Crippen LogP contribution in [0.3, 0.4) is 0 Å². The van der Waals surface area contributed by atoms with Crippen molar-refractivity contribution in [1.29, 1.82) is 0 Å². The topological polar surface area (TPSA) is 65.2 Å². The van der Waals surface area contributed by atoms with Gasteiger partial charge in [0, 0.05) is 6.20 Å². The van der Waals surface area contributed by atoms with Crippen molar-refractivity contribution in [2.24, 2.45) is 0 Å². The van der Waals surface area contributed by atoms with Crippen LogP contribution in [0.5, 0.6) is 5.75 Å². The number of rotatable bonds is 5. The maximum atomic E-state index is 12.0. The van der Waals surface area contributed by atoms with Crippen molar-refractivity contribution < 1.29 is 8.95 Å². The second-order valence-electron chi connectivity index (χ2n) is 3.62. The Morgan fingerprint density at radius 1 is 1.22 bits per heavy atom. The molecule has 0 radical (unpaired) electrons. The van der Waals surface area contributed by atoms with Crippen molar-refractivity contribution in [2.45, 2.75) is 4.90 Å². The third kappa shape index (κ3) is 3.30. The van der Waals surface area contributed by atoms with E-state index in [1.54, 1.807) is 12.3 Å². The smallest absolute Gasteiger partial charge is 0.119 e. The van der Waals surface area contributed by atoms with E-state index in [0.29, 0.717) is 22.9 Å². The Labute approximate surface area is 108 Å². The number of nitrogens with zero attached hydrogens (tertiary/aromatic N) is 1. The molecule has 0 fully saturated rings. The van der Waals surface area contributed by atoms with Crippen molar-refractivity contribution in [3.05, 3.63) is 48.8 Å². The highest BCUT2D eigenvalue weighted by Gasteiger charge is 2.07. The summed E-state index contributed by atoms with van der Waals surface area (Å²) in [6.07, 6.45) is 3.09. The van der Waals surface area contributed by atoms with E-state index in [9.17, 15) is 4.21 Å². The Balaban J connectivity index is 1.88. The molecule has 4 nitrogen and oxygen atoms in total. The van der Waals surface area contributed by atoms with Crippen molar-refractivity contribution in [3.8, 4) is 5.75 Å². The van der Waals surface area contributed by atoms with Crippen LogP contribution in [-0.2, 0) is 10.8 Å². The molecule has 1 unspecified atom stereocenters. The number of ether oxygens (including phenoxy) is 1. The Kier molecular flexibility index (Phi) is 4.30. The van der Waals surface area contributed by atoms with Crippen LogP contribution in [0, 0.1) is 0 Å². The van der Waals surface area contributed by atoms with Crippen molar-refractivity contribution in [2.75, 3.05) is 18.1 Å². The van der Waals surface area contributed by atoms with Gasteiger partial charge in [-0.05, 0) is 18.2 Å². The molecule has 0 amide bonds. The first-order valence-corrected chi connectivity index (χ1v) is 6.85. The molecule has 18 heavy (non-hydrogen) atoms. The van der Waals surface area contributed by atoms with Gasteiger partial charge in [-0.2, -0.15) is 0 Å². The molecule has 5 heteroatoms. The van der Waals surface area contributed by atoms with Crippen LogP contribution >= 0.6 is 0 Å². The summed E-state index contributed by atoms with van der Waals surface area (Å²) in [5.74, 6) is 1.18. The van der Waals surface area contributed by atoms with Crippen LogP contribution in [0.1, 0.15) is 0 Å². The maximum Gasteiger partial charge on any atom is 0.119 e. The van der Waals surface area contributed by atoms with Gasteiger partial charge in [0.1, 0.15) is 12.4 Å². The largest absolute Gasteiger partial charge is 0.493 e. The van der Waals surface area contributed by atoms with Gasteiger partial charge < -0.3 is 10.5 Å². The number of para-hydroxylation sites is 1. The Morgan fingerprint density at radius 2 is 2.00 bits per heavy atom. The third-order valence-corrected chi connectivity index (χ3v) is 3.74. The predicted molar refractivity (Wildman–Crippen MR) is 71.9 cm³/mol. The third-order valence-electron chi connectivity index (χ3n) is 2.34. The average Bonchev–Trinajstić information content (AvgIpc) is 2.40. The number of aromatic nitrogens is 1. The van der Waals surface area contributed by atoms with Gasteiger partial charge in [-0.15, -0.1) is 0 Å². The Bertz CT molecular complexity index is 532. The molecular weight excluding hydrogens is 248 g/mol. The lowest BCUT2D eigenvalue weighted by Crippen LogP contribution is -2.10. The van der Waals surface area contributed by atoms with E-state index in [0.717, 1.165) is 5.75 Å². The second-order valence-corrected chi connectivity index (χ2v) is 5.16. The molecule has 1 atom stereocenters. The first-order chi connectivity index (χ1) is 8.77. The highest BCUT2D eigenvalue weighted by Crippen LogP contribution is 2.14. The van der Waals surface area contributed by atoms with E-state index in [2.05, 4.69) is 4.98 Å². The summed E-state index contributed by atoms with van der Waals surface area (Å²) in [6.45, 7) is 0.387. The van der Waals surface area contributed by atoms with E-state index in [1.807, 2.05) is 30.3 Å². The van der Waals surface area contributed by atoms with E-state index in [1.165, 1.54) is 6.20 Å². The van der Waals surface area contributed by atoms with E-state index in [4.69, 9.17) is 10.5 Å². The Hall–Kier alpha value is -1.88. The first kappa shape index (κ1) is 12.6. The summed E-state index contributed by atoms with van der Waals surface area (Å²) in [5, 5.41) is 0. The molecule has 0 spiro atoms. The lowest BCUT2D eigenvalue weighted by Gasteiger charge is -2.07. The molecular formula is C13H14N2O2S. The van der Waals surface area contributed by atoms with Crippen LogP contribution in [0.4, 0.5) is 5.69 Å². The molecule has 94 valence electrons. The molecule has 1 aromatic carbocycles. The molecule has 2 rings (SSSR count). The van der Waals surface area contributed by atoms with Crippen LogP contribution in [-0.4, -0.2) is 21.6 Å². The molecule has 1 aromatic heterocycles. The number of hydrogen-bond acceptors (Lipinski definition) is 4. The maximum absolute atomic E-state index is 12.0. The van der Waals surface area contributed by atoms with Gasteiger partial charge in [-0.3, -0.25) is 9.19 Å². The fraction of sp³-hybridized carbons (Fsp3) is 0.154. The van der Waals surface area contributed by atoms with Gasteiger partial charge in [0.2, 0.25) is 0 Å². The summed E-state index contributed by atoms with van der Waals surface area (Å²) in [7, 11) is -1.16. The van der Waals surface area contributed by atoms with Crippen LogP contribution < -0.4 is 10.5 Å². The lowest BCUT2D eigenvalue weighted by molar-refractivity contribution is 0.342. The molecule has 2 N–H and O–H groups in total. The SMILES string of the molecule is Nc1cnccc1S(=O)CCOc1ccccc1. The van der Waals surface area contributed by atoms with E-state index >= 15 is 0 Å². The van der Waals surface area contributed by atoms with E-state index < -0.39 is 10.8 Å². The molecule has 0 aliphatic carbocycles. The standard InChI is InChI=1S/C13H14N2O2S/c14-12-10-15-7-6-13(12)18(16)9-8-17-11-4-2-1-3-5-11/h1-7,10H,8-9,14H2. The monoisotopic (exact) mass is 262 g/mol. The highest BCUT2D eigenvalue weighted by molar-refractivity contribution is 7.85. The van der Waals surface area contributed by atoms with Gasteiger partial charge in [0.05, 0.1) is 33.3 Å². The van der Waals surface area contributed by atoms with Gasteiger partial charge in [0.15, 0.2) is 0 Å². The number of nitrogens with two attached hydrogens (primary N) is 1. The minimum Gasteiger partial charge on any atom is -0.493 e. The minimum atomic E-state index is -1.16. The van der Waals surface area contributed by atoms with Crippen LogP contribution in [0.2, 0.25) is 0 Å². The zero-order chi connectivity index (χ0) is 12.8. The summed E-state index contributed by atoms with van der Waals surface area (Å²) < 4.78 is 17.5. The highest BCUT2D eigenvalue weighted by atomic mass is 32.2.